The standard InChI is InChI=1S/C17H15N3O/c1-2-5-16-18-12-9-8-11(10-14(12)19-16)17-20-13-6-3-4-7-15(13)21-17/h3-4,6-10H,2,5H2,1H3,(H,18,19). The molecule has 0 saturated heterocycles. The number of hydrogen-bond acceptors (Lipinski definition) is 3. The van der Waals surface area contributed by atoms with Crippen molar-refractivity contribution in [3.63, 3.8) is 0 Å². The molecule has 0 bridgehead atoms. The van der Waals surface area contributed by atoms with E-state index in [-0.39, 0.29) is 0 Å². The highest BCUT2D eigenvalue weighted by Gasteiger charge is 2.10. The second kappa shape index (κ2) is 4.74. The number of aromatic amines is 1. The second-order valence-electron chi connectivity index (χ2n) is 5.15. The molecule has 104 valence electrons. The first-order valence-corrected chi connectivity index (χ1v) is 7.18. The fourth-order valence-electron chi connectivity index (χ4n) is 2.55. The normalized spacial score (nSPS) is 11.5. The molecule has 4 aromatic rings. The number of oxazole rings is 1. The lowest BCUT2D eigenvalue weighted by molar-refractivity contribution is 0.620. The van der Waals surface area contributed by atoms with Crippen LogP contribution >= 0.6 is 0 Å². The van der Waals surface area contributed by atoms with Gasteiger partial charge in [-0.05, 0) is 36.8 Å². The van der Waals surface area contributed by atoms with Crippen molar-refractivity contribution in [2.75, 3.05) is 0 Å². The lowest BCUT2D eigenvalue weighted by atomic mass is 10.2. The molecule has 2 aromatic carbocycles. The molecule has 4 rings (SSSR count). The van der Waals surface area contributed by atoms with Crippen molar-refractivity contribution in [1.29, 1.82) is 0 Å². The zero-order valence-corrected chi connectivity index (χ0v) is 11.8. The van der Waals surface area contributed by atoms with Crippen LogP contribution < -0.4 is 0 Å². The van der Waals surface area contributed by atoms with E-state index in [0.717, 1.165) is 46.4 Å². The zero-order valence-electron chi connectivity index (χ0n) is 11.8. The largest absolute Gasteiger partial charge is 0.436 e. The summed E-state index contributed by atoms with van der Waals surface area (Å²) in [6.07, 6.45) is 2.05. The molecule has 21 heavy (non-hydrogen) atoms. The fraction of sp³-hybridized carbons (Fsp3) is 0.176. The molecule has 1 N–H and O–H groups in total. The molecule has 0 fully saturated rings. The Morgan fingerprint density at radius 2 is 1.95 bits per heavy atom. The lowest BCUT2D eigenvalue weighted by Crippen LogP contribution is -1.83. The minimum absolute atomic E-state index is 0.643. The first kappa shape index (κ1) is 12.1. The Labute approximate surface area is 121 Å². The number of nitrogens with one attached hydrogen (secondary N) is 1. The smallest absolute Gasteiger partial charge is 0.227 e. The van der Waals surface area contributed by atoms with Gasteiger partial charge in [0.25, 0.3) is 0 Å². The van der Waals surface area contributed by atoms with E-state index in [1.165, 1.54) is 0 Å². The van der Waals surface area contributed by atoms with Crippen LogP contribution in [0.4, 0.5) is 0 Å². The molecule has 4 nitrogen and oxygen atoms in total. The third kappa shape index (κ3) is 2.09. The van der Waals surface area contributed by atoms with Crippen LogP contribution in [-0.4, -0.2) is 15.0 Å². The van der Waals surface area contributed by atoms with E-state index in [2.05, 4.69) is 21.9 Å². The lowest BCUT2D eigenvalue weighted by Gasteiger charge is -1.94. The van der Waals surface area contributed by atoms with Crippen molar-refractivity contribution < 1.29 is 4.42 Å². The zero-order chi connectivity index (χ0) is 14.2. The van der Waals surface area contributed by atoms with E-state index in [4.69, 9.17) is 4.42 Å². The van der Waals surface area contributed by atoms with E-state index in [1.54, 1.807) is 0 Å². The molecule has 0 atom stereocenters. The Bertz CT molecular complexity index is 887. The van der Waals surface area contributed by atoms with Crippen molar-refractivity contribution >= 4 is 22.1 Å². The summed E-state index contributed by atoms with van der Waals surface area (Å²) >= 11 is 0. The molecule has 0 amide bonds. The predicted molar refractivity (Wildman–Crippen MR) is 83.1 cm³/mol. The van der Waals surface area contributed by atoms with Gasteiger partial charge in [-0.1, -0.05) is 19.1 Å². The molecule has 2 aromatic heterocycles. The van der Waals surface area contributed by atoms with Crippen molar-refractivity contribution in [3.05, 3.63) is 48.3 Å². The monoisotopic (exact) mass is 277 g/mol. The van der Waals surface area contributed by atoms with Crippen LogP contribution in [0, 0.1) is 0 Å². The first-order valence-electron chi connectivity index (χ1n) is 7.18. The second-order valence-corrected chi connectivity index (χ2v) is 5.15. The number of aromatic nitrogens is 3. The molecule has 0 saturated carbocycles. The number of fused-ring (bicyclic) bond motifs is 2. The maximum Gasteiger partial charge on any atom is 0.227 e. The van der Waals surface area contributed by atoms with Crippen molar-refractivity contribution in [2.45, 2.75) is 19.8 Å². The highest BCUT2D eigenvalue weighted by Crippen LogP contribution is 2.26. The summed E-state index contributed by atoms with van der Waals surface area (Å²) < 4.78 is 5.81. The Morgan fingerprint density at radius 3 is 2.81 bits per heavy atom. The Hall–Kier alpha value is -2.62. The molecule has 0 aliphatic rings. The fourth-order valence-corrected chi connectivity index (χ4v) is 2.55. The number of rotatable bonds is 3. The van der Waals surface area contributed by atoms with Crippen molar-refractivity contribution in [2.24, 2.45) is 0 Å². The Balaban J connectivity index is 1.81. The number of para-hydroxylation sites is 2. The maximum absolute atomic E-state index is 5.81. The summed E-state index contributed by atoms with van der Waals surface area (Å²) in [6.45, 7) is 2.15. The topological polar surface area (TPSA) is 54.7 Å². The van der Waals surface area contributed by atoms with E-state index in [9.17, 15) is 0 Å². The van der Waals surface area contributed by atoms with Gasteiger partial charge < -0.3 is 9.40 Å². The van der Waals surface area contributed by atoms with Gasteiger partial charge in [0, 0.05) is 12.0 Å². The van der Waals surface area contributed by atoms with Crippen molar-refractivity contribution in [1.82, 2.24) is 15.0 Å². The highest BCUT2D eigenvalue weighted by atomic mass is 16.3. The van der Waals surface area contributed by atoms with Gasteiger partial charge in [-0.25, -0.2) is 9.97 Å². The Kier molecular flexibility index (Phi) is 2.74. The van der Waals surface area contributed by atoms with Crippen LogP contribution in [0.1, 0.15) is 19.2 Å². The molecule has 4 heteroatoms. The maximum atomic E-state index is 5.81. The number of nitrogens with zero attached hydrogens (tertiary/aromatic N) is 2. The number of H-pyrrole nitrogens is 1. The van der Waals surface area contributed by atoms with Gasteiger partial charge in [0.2, 0.25) is 5.89 Å². The summed E-state index contributed by atoms with van der Waals surface area (Å²) in [5.74, 6) is 1.67. The van der Waals surface area contributed by atoms with Crippen LogP contribution in [-0.2, 0) is 6.42 Å². The summed E-state index contributed by atoms with van der Waals surface area (Å²) in [5, 5.41) is 0. The third-order valence-electron chi connectivity index (χ3n) is 3.56. The number of imidazole rings is 1. The Morgan fingerprint density at radius 1 is 1.05 bits per heavy atom. The van der Waals surface area contributed by atoms with Crippen LogP contribution in [0.3, 0.4) is 0 Å². The van der Waals surface area contributed by atoms with Gasteiger partial charge in [0.05, 0.1) is 11.0 Å². The summed E-state index contributed by atoms with van der Waals surface area (Å²) in [4.78, 5) is 12.5. The molecule has 0 spiro atoms. The van der Waals surface area contributed by atoms with Gasteiger partial charge >= 0.3 is 0 Å². The summed E-state index contributed by atoms with van der Waals surface area (Å²) in [7, 11) is 0. The molecule has 0 radical (unpaired) electrons. The van der Waals surface area contributed by atoms with Gasteiger partial charge in [-0.15, -0.1) is 0 Å². The van der Waals surface area contributed by atoms with E-state index in [0.29, 0.717) is 5.89 Å². The minimum Gasteiger partial charge on any atom is -0.436 e. The van der Waals surface area contributed by atoms with Gasteiger partial charge in [0.1, 0.15) is 11.3 Å². The van der Waals surface area contributed by atoms with Crippen LogP contribution in [0.25, 0.3) is 33.6 Å². The van der Waals surface area contributed by atoms with Gasteiger partial charge in [0.15, 0.2) is 5.58 Å². The molecule has 0 aliphatic heterocycles. The number of hydrogen-bond donors (Lipinski definition) is 1. The van der Waals surface area contributed by atoms with Crippen molar-refractivity contribution in [3.8, 4) is 11.5 Å². The average Bonchev–Trinajstić information content (AvgIpc) is 3.09. The first-order chi connectivity index (χ1) is 10.3. The quantitative estimate of drug-likeness (QED) is 0.606. The molecule has 0 unspecified atom stereocenters. The third-order valence-corrected chi connectivity index (χ3v) is 3.56. The molecule has 2 heterocycles. The van der Waals surface area contributed by atoms with Gasteiger partial charge in [-0.3, -0.25) is 0 Å². The van der Waals surface area contributed by atoms with E-state index >= 15 is 0 Å². The van der Waals surface area contributed by atoms with Crippen LogP contribution in [0.15, 0.2) is 46.9 Å². The molecular formula is C17H15N3O. The summed E-state index contributed by atoms with van der Waals surface area (Å²) in [5.41, 5.74) is 4.66. The predicted octanol–water partition coefficient (Wildman–Crippen LogP) is 4.32. The molecular weight excluding hydrogens is 262 g/mol. The van der Waals surface area contributed by atoms with Crippen LogP contribution in [0.5, 0.6) is 0 Å². The summed E-state index contributed by atoms with van der Waals surface area (Å²) in [6, 6.07) is 13.9. The highest BCUT2D eigenvalue weighted by molar-refractivity contribution is 5.82. The average molecular weight is 277 g/mol. The molecule has 0 aliphatic carbocycles. The van der Waals surface area contributed by atoms with E-state index in [1.807, 2.05) is 42.5 Å². The van der Waals surface area contributed by atoms with E-state index < -0.39 is 0 Å². The minimum atomic E-state index is 0.643. The van der Waals surface area contributed by atoms with Crippen LogP contribution in [0.2, 0.25) is 0 Å². The van der Waals surface area contributed by atoms with Gasteiger partial charge in [-0.2, -0.15) is 0 Å². The SMILES string of the molecule is CCCc1nc2ccc(-c3nc4ccccc4o3)cc2[nH]1. The number of aryl methyl sites for hydroxylation is 1. The number of benzene rings is 2.